The molecule has 0 rings (SSSR count). The highest BCUT2D eigenvalue weighted by molar-refractivity contribution is 9.10. The molecule has 0 aromatic heterocycles. The Kier molecular flexibility index (Phi) is 10.6. The van der Waals surface area contributed by atoms with Gasteiger partial charge in [-0.3, -0.25) is 0 Å². The van der Waals surface area contributed by atoms with Crippen LogP contribution in [0.25, 0.3) is 0 Å². The summed E-state index contributed by atoms with van der Waals surface area (Å²) in [7, 11) is 6.15. The van der Waals surface area contributed by atoms with E-state index in [4.69, 9.17) is 23.7 Å². The van der Waals surface area contributed by atoms with E-state index >= 15 is 0 Å². The summed E-state index contributed by atoms with van der Waals surface area (Å²) in [6.07, 6.45) is 0. The number of alkyl halides is 4. The van der Waals surface area contributed by atoms with E-state index in [0.29, 0.717) is 10.7 Å². The first-order chi connectivity index (χ1) is 8.91. The highest BCUT2D eigenvalue weighted by atomic mass is 79.9. The van der Waals surface area contributed by atoms with Crippen LogP contribution in [-0.2, 0) is 23.7 Å². The molecule has 0 fully saturated rings. The van der Waals surface area contributed by atoms with E-state index in [1.54, 1.807) is 0 Å². The number of halogens is 4. The average molecular weight is 538 g/mol. The van der Waals surface area contributed by atoms with Crippen LogP contribution in [0.4, 0.5) is 0 Å². The summed E-state index contributed by atoms with van der Waals surface area (Å²) in [5.41, 5.74) is 0. The molecule has 0 aliphatic heterocycles. The zero-order chi connectivity index (χ0) is 15.1. The summed E-state index contributed by atoms with van der Waals surface area (Å²) in [4.78, 5) is 0. The van der Waals surface area contributed by atoms with Crippen LogP contribution in [0, 0.1) is 0 Å². The van der Waals surface area contributed by atoms with Crippen molar-refractivity contribution < 1.29 is 23.7 Å². The fraction of sp³-hybridized carbons (Fsp3) is 1.00. The molecular formula is C10H18Br4O5. The van der Waals surface area contributed by atoms with Gasteiger partial charge < -0.3 is 23.7 Å². The summed E-state index contributed by atoms with van der Waals surface area (Å²) < 4.78 is 27.2. The Hall–Kier alpha value is 1.72. The fourth-order valence-corrected chi connectivity index (χ4v) is 5.35. The van der Waals surface area contributed by atoms with Gasteiger partial charge in [-0.1, -0.05) is 63.7 Å². The minimum absolute atomic E-state index is 0.421. The highest BCUT2D eigenvalue weighted by Crippen LogP contribution is 2.34. The maximum absolute atomic E-state index is 5.80. The van der Waals surface area contributed by atoms with Crippen LogP contribution >= 0.6 is 63.7 Å². The van der Waals surface area contributed by atoms with Gasteiger partial charge in [0.25, 0.3) is 0 Å². The Bertz CT molecular complexity index is 208. The number of hydrogen-bond donors (Lipinski definition) is 0. The van der Waals surface area contributed by atoms with Crippen molar-refractivity contribution in [2.24, 2.45) is 0 Å². The first-order valence-corrected chi connectivity index (χ1v) is 9.25. The lowest BCUT2D eigenvalue weighted by Gasteiger charge is -2.38. The van der Waals surface area contributed by atoms with E-state index in [1.807, 2.05) is 0 Å². The van der Waals surface area contributed by atoms with Gasteiger partial charge in [-0.15, -0.1) is 0 Å². The van der Waals surface area contributed by atoms with Crippen molar-refractivity contribution in [1.82, 2.24) is 0 Å². The Balaban J connectivity index is 4.92. The molecule has 0 bridgehead atoms. The van der Waals surface area contributed by atoms with Crippen molar-refractivity contribution in [3.63, 3.8) is 0 Å². The topological polar surface area (TPSA) is 46.2 Å². The summed E-state index contributed by atoms with van der Waals surface area (Å²) in [6, 6.07) is 0. The van der Waals surface area contributed by atoms with Gasteiger partial charge in [0.15, 0.2) is 10.0 Å². The molecule has 9 heteroatoms. The van der Waals surface area contributed by atoms with E-state index in [9.17, 15) is 0 Å². The van der Waals surface area contributed by atoms with E-state index < -0.39 is 21.6 Å². The van der Waals surface area contributed by atoms with Gasteiger partial charge in [0.2, 0.25) is 11.6 Å². The molecule has 0 aliphatic rings. The third-order valence-corrected chi connectivity index (χ3v) is 6.08. The molecule has 0 heterocycles. The highest BCUT2D eigenvalue weighted by Gasteiger charge is 2.45. The Morgan fingerprint density at radius 2 is 1.00 bits per heavy atom. The lowest BCUT2D eigenvalue weighted by atomic mass is 10.3. The van der Waals surface area contributed by atoms with Gasteiger partial charge in [-0.2, -0.15) is 0 Å². The quantitative estimate of drug-likeness (QED) is 0.316. The number of ether oxygens (including phenoxy) is 5. The largest absolute Gasteiger partial charge is 0.350 e. The fourth-order valence-electron chi connectivity index (χ4n) is 1.19. The van der Waals surface area contributed by atoms with Crippen molar-refractivity contribution in [3.8, 4) is 0 Å². The van der Waals surface area contributed by atoms with Crippen molar-refractivity contribution >= 4 is 63.7 Å². The molecular weight excluding hydrogens is 520 g/mol. The van der Waals surface area contributed by atoms with Crippen LogP contribution in [0.5, 0.6) is 0 Å². The molecule has 0 saturated heterocycles. The lowest BCUT2D eigenvalue weighted by molar-refractivity contribution is -0.269. The third-order valence-electron chi connectivity index (χ3n) is 2.69. The van der Waals surface area contributed by atoms with Crippen molar-refractivity contribution in [2.45, 2.75) is 21.6 Å². The molecule has 2 atom stereocenters. The maximum atomic E-state index is 5.80. The standard InChI is InChI=1S/C10H18Br4O5/c1-15-9(5-11,16-2)7(13)19-8(14)10(6-12,17-3)18-4/h7-8H,5-6H2,1-4H3. The molecule has 0 amide bonds. The Morgan fingerprint density at radius 1 is 0.737 bits per heavy atom. The van der Waals surface area contributed by atoms with Crippen LogP contribution in [0.3, 0.4) is 0 Å². The maximum Gasteiger partial charge on any atom is 0.214 e. The van der Waals surface area contributed by atoms with Gasteiger partial charge in [0.1, 0.15) is 0 Å². The number of hydrogen-bond acceptors (Lipinski definition) is 5. The van der Waals surface area contributed by atoms with E-state index in [0.717, 1.165) is 0 Å². The van der Waals surface area contributed by atoms with Crippen LogP contribution in [0.2, 0.25) is 0 Å². The summed E-state index contributed by atoms with van der Waals surface area (Å²) >= 11 is 13.5. The molecule has 5 nitrogen and oxygen atoms in total. The predicted molar refractivity (Wildman–Crippen MR) is 87.6 cm³/mol. The second-order valence-corrected chi connectivity index (χ2v) is 6.26. The zero-order valence-corrected chi connectivity index (χ0v) is 17.5. The molecule has 0 aliphatic carbocycles. The van der Waals surface area contributed by atoms with E-state index in [2.05, 4.69) is 63.7 Å². The summed E-state index contributed by atoms with van der Waals surface area (Å²) in [5.74, 6) is -1.93. The Labute approximate surface area is 147 Å². The van der Waals surface area contributed by atoms with E-state index in [1.165, 1.54) is 28.4 Å². The second kappa shape index (κ2) is 9.68. The minimum Gasteiger partial charge on any atom is -0.350 e. The minimum atomic E-state index is -0.967. The molecule has 19 heavy (non-hydrogen) atoms. The molecule has 0 aromatic rings. The number of methoxy groups -OCH3 is 4. The lowest BCUT2D eigenvalue weighted by Crippen LogP contribution is -2.52. The van der Waals surface area contributed by atoms with Gasteiger partial charge in [-0.25, -0.2) is 0 Å². The van der Waals surface area contributed by atoms with Crippen molar-refractivity contribution in [1.29, 1.82) is 0 Å². The molecule has 0 N–H and O–H groups in total. The predicted octanol–water partition coefficient (Wildman–Crippen LogP) is 3.21. The first-order valence-electron chi connectivity index (χ1n) is 5.18. The summed E-state index contributed by atoms with van der Waals surface area (Å²) in [5, 5.41) is -0.265. The Morgan fingerprint density at radius 3 is 1.16 bits per heavy atom. The second-order valence-electron chi connectivity index (χ2n) is 3.48. The third kappa shape index (κ3) is 4.85. The van der Waals surface area contributed by atoms with Gasteiger partial charge >= 0.3 is 0 Å². The van der Waals surface area contributed by atoms with E-state index in [-0.39, 0.29) is 0 Å². The van der Waals surface area contributed by atoms with Crippen LogP contribution in [0.1, 0.15) is 0 Å². The molecule has 0 radical (unpaired) electrons. The average Bonchev–Trinajstić information content (AvgIpc) is 2.44. The van der Waals surface area contributed by atoms with Crippen molar-refractivity contribution in [3.05, 3.63) is 0 Å². The smallest absolute Gasteiger partial charge is 0.214 e. The zero-order valence-electron chi connectivity index (χ0n) is 11.1. The molecule has 116 valence electrons. The molecule has 0 saturated carbocycles. The monoisotopic (exact) mass is 534 g/mol. The first kappa shape index (κ1) is 20.7. The number of rotatable bonds is 10. The molecule has 2 unspecified atom stereocenters. The molecule has 0 aromatic carbocycles. The van der Waals surface area contributed by atoms with Crippen LogP contribution in [0.15, 0.2) is 0 Å². The summed E-state index contributed by atoms with van der Waals surface area (Å²) in [6.45, 7) is 0. The SMILES string of the molecule is COC(CBr)(OC)C(Br)OC(Br)C(CBr)(OC)OC. The van der Waals surface area contributed by atoms with Crippen LogP contribution in [-0.4, -0.2) is 60.7 Å². The van der Waals surface area contributed by atoms with Gasteiger partial charge in [0, 0.05) is 28.4 Å². The van der Waals surface area contributed by atoms with Gasteiger partial charge in [-0.05, 0) is 0 Å². The van der Waals surface area contributed by atoms with Crippen LogP contribution < -0.4 is 0 Å². The normalized spacial score (nSPS) is 16.4. The van der Waals surface area contributed by atoms with Crippen molar-refractivity contribution in [2.75, 3.05) is 39.1 Å². The van der Waals surface area contributed by atoms with Gasteiger partial charge in [0.05, 0.1) is 10.7 Å². The molecule has 0 spiro atoms.